The Kier molecular flexibility index (Phi) is 8.40. The van der Waals surface area contributed by atoms with Crippen molar-refractivity contribution >= 4 is 34.0 Å². The Morgan fingerprint density at radius 3 is 2.30 bits per heavy atom. The van der Waals surface area contributed by atoms with Crippen molar-refractivity contribution in [2.75, 3.05) is 13.1 Å². The first kappa shape index (κ1) is 29.7. The Morgan fingerprint density at radius 2 is 1.73 bits per heavy atom. The molecule has 40 heavy (non-hydrogen) atoms. The molecule has 4 rings (SSSR count). The summed E-state index contributed by atoms with van der Waals surface area (Å²) < 4.78 is 53.6. The average Bonchev–Trinajstić information content (AvgIpc) is 3.21. The summed E-state index contributed by atoms with van der Waals surface area (Å²) in [4.78, 5) is 25.8. The summed E-state index contributed by atoms with van der Waals surface area (Å²) in [6.07, 6.45) is -3.42. The van der Waals surface area contributed by atoms with E-state index in [4.69, 9.17) is 9.15 Å². The molecule has 3 aromatic rings. The average molecular weight is 563 g/mol. The topological polar surface area (TPSA) is 92.0 Å². The van der Waals surface area contributed by atoms with E-state index >= 15 is 0 Å². The summed E-state index contributed by atoms with van der Waals surface area (Å²) >= 11 is 0. The van der Waals surface area contributed by atoms with Crippen molar-refractivity contribution in [2.24, 2.45) is 5.92 Å². The van der Waals surface area contributed by atoms with Crippen LogP contribution in [0.1, 0.15) is 77.0 Å². The number of alkyl halides is 3. The van der Waals surface area contributed by atoms with Crippen LogP contribution in [-0.4, -0.2) is 53.0 Å². The van der Waals surface area contributed by atoms with E-state index in [1.807, 2.05) is 39.0 Å². The number of ether oxygens (including phenoxy) is 1. The van der Waals surface area contributed by atoms with Gasteiger partial charge in [-0.2, -0.15) is 13.2 Å². The van der Waals surface area contributed by atoms with Crippen molar-refractivity contribution < 1.29 is 37.0 Å². The van der Waals surface area contributed by atoms with Gasteiger partial charge in [0.1, 0.15) is 28.9 Å². The fourth-order valence-electron chi connectivity index (χ4n) is 5.26. The molecule has 0 spiro atoms. The first-order valence-electron chi connectivity index (χ1n) is 13.6. The zero-order chi connectivity index (χ0) is 29.4. The molecule has 1 fully saturated rings. The Morgan fingerprint density at radius 1 is 1.05 bits per heavy atom. The van der Waals surface area contributed by atoms with Crippen LogP contribution < -0.4 is 5.32 Å². The van der Waals surface area contributed by atoms with E-state index in [-0.39, 0.29) is 29.9 Å². The molecule has 0 radical (unpaired) electrons. The molecule has 7 nitrogen and oxygen atoms in total. The van der Waals surface area contributed by atoms with Gasteiger partial charge in [-0.25, -0.2) is 4.79 Å². The van der Waals surface area contributed by atoms with Gasteiger partial charge in [-0.05, 0) is 81.2 Å². The first-order valence-corrected chi connectivity index (χ1v) is 13.6. The Hall–Kier alpha value is -3.27. The fourth-order valence-corrected chi connectivity index (χ4v) is 5.26. The number of nitrogens with one attached hydrogen (secondary N) is 1. The molecule has 2 heterocycles. The van der Waals surface area contributed by atoms with Crippen LogP contribution >= 0.6 is 0 Å². The first-order chi connectivity index (χ1) is 18.6. The molecule has 10 heteroatoms. The summed E-state index contributed by atoms with van der Waals surface area (Å²) in [5, 5.41) is 13.3. The number of fused-ring (bicyclic) bond motifs is 3. The lowest BCUT2D eigenvalue weighted by atomic mass is 9.88. The number of rotatable bonds is 7. The molecule has 1 aliphatic heterocycles. The van der Waals surface area contributed by atoms with Crippen molar-refractivity contribution in [1.82, 2.24) is 10.2 Å². The van der Waals surface area contributed by atoms with E-state index in [2.05, 4.69) is 5.32 Å². The molecular weight excluding hydrogens is 525 g/mol. The smallest absolute Gasteiger partial charge is 0.410 e. The number of nitrogens with zero attached hydrogens (tertiary/aromatic N) is 1. The van der Waals surface area contributed by atoms with E-state index in [1.54, 1.807) is 24.8 Å². The number of aliphatic carboxylic acids is 1. The zero-order valence-corrected chi connectivity index (χ0v) is 23.5. The van der Waals surface area contributed by atoms with Crippen LogP contribution in [0.5, 0.6) is 0 Å². The molecule has 1 amide bonds. The third kappa shape index (κ3) is 6.89. The lowest BCUT2D eigenvalue weighted by Gasteiger charge is -2.33. The fraction of sp³-hybridized carbons (Fsp3) is 0.533. The number of amides is 1. The van der Waals surface area contributed by atoms with E-state index in [1.165, 1.54) is 12.1 Å². The van der Waals surface area contributed by atoms with Gasteiger partial charge in [-0.1, -0.05) is 32.0 Å². The van der Waals surface area contributed by atoms with Crippen molar-refractivity contribution in [1.29, 1.82) is 0 Å². The van der Waals surface area contributed by atoms with Crippen LogP contribution in [0.2, 0.25) is 0 Å². The second kappa shape index (κ2) is 11.3. The Bertz CT molecular complexity index is 1370. The van der Waals surface area contributed by atoms with Crippen LogP contribution in [0, 0.1) is 5.92 Å². The molecule has 2 aromatic carbocycles. The van der Waals surface area contributed by atoms with Crippen LogP contribution in [0.4, 0.5) is 18.0 Å². The summed E-state index contributed by atoms with van der Waals surface area (Å²) in [6.45, 7) is 10.2. The minimum absolute atomic E-state index is 0.0638. The molecule has 2 N–H and O–H groups in total. The number of carbonyl (C=O) groups is 2. The monoisotopic (exact) mass is 562 g/mol. The highest BCUT2D eigenvalue weighted by molar-refractivity contribution is 6.05. The normalized spacial score (nSPS) is 17.0. The van der Waals surface area contributed by atoms with E-state index in [0.29, 0.717) is 29.6 Å². The number of likely N-dealkylation sites (tertiary alicyclic amines) is 1. The number of hydrogen-bond acceptors (Lipinski definition) is 5. The molecule has 0 saturated carbocycles. The third-order valence-electron chi connectivity index (χ3n) is 7.17. The predicted molar refractivity (Wildman–Crippen MR) is 146 cm³/mol. The molecule has 1 aliphatic rings. The van der Waals surface area contributed by atoms with Crippen LogP contribution in [0.3, 0.4) is 0 Å². The quantitative estimate of drug-likeness (QED) is 0.312. The summed E-state index contributed by atoms with van der Waals surface area (Å²) in [5.74, 6) is -1.20. The maximum absolute atomic E-state index is 14.1. The number of hydrogen-bond donors (Lipinski definition) is 2. The van der Waals surface area contributed by atoms with Gasteiger partial charge in [-0.15, -0.1) is 0 Å². The molecule has 2 atom stereocenters. The lowest BCUT2D eigenvalue weighted by molar-refractivity contribution is -0.163. The molecular formula is C30H37F3N2O5. The number of furan rings is 1. The molecule has 0 unspecified atom stereocenters. The number of benzene rings is 2. The molecule has 0 aliphatic carbocycles. The van der Waals surface area contributed by atoms with Gasteiger partial charge in [0.15, 0.2) is 0 Å². The van der Waals surface area contributed by atoms with Crippen molar-refractivity contribution in [3.63, 3.8) is 0 Å². The predicted octanol–water partition coefficient (Wildman–Crippen LogP) is 7.39. The highest BCUT2D eigenvalue weighted by Crippen LogP contribution is 2.38. The Labute approximate surface area is 231 Å². The standard InChI is InChI=1S/C30H37F3N2O5/c1-17(2)14-23(27(36)37)34-26(30(31,32)33)20-6-8-21-22-15-19(7-9-24(22)39-25(21)16-20)18-10-12-35(13-11-18)28(38)40-29(3,4)5/h6-9,15-18,23,26,34H,10-14H2,1-5H3,(H,36,37)/t23-,26-/m0/s1. The van der Waals surface area contributed by atoms with Gasteiger partial charge in [-0.3, -0.25) is 10.1 Å². The lowest BCUT2D eigenvalue weighted by Crippen LogP contribution is -2.45. The number of halogens is 3. The van der Waals surface area contributed by atoms with Gasteiger partial charge < -0.3 is 19.2 Å². The number of carbonyl (C=O) groups excluding carboxylic acids is 1. The number of carboxylic acid groups (broad SMARTS) is 1. The largest absolute Gasteiger partial charge is 0.480 e. The molecule has 1 saturated heterocycles. The van der Waals surface area contributed by atoms with Crippen molar-refractivity contribution in [3.05, 3.63) is 47.5 Å². The number of carboxylic acids is 1. The minimum Gasteiger partial charge on any atom is -0.480 e. The van der Waals surface area contributed by atoms with E-state index in [9.17, 15) is 27.9 Å². The van der Waals surface area contributed by atoms with Crippen LogP contribution in [-0.2, 0) is 9.53 Å². The summed E-state index contributed by atoms with van der Waals surface area (Å²) in [7, 11) is 0. The number of piperidine rings is 1. The highest BCUT2D eigenvalue weighted by Gasteiger charge is 2.43. The van der Waals surface area contributed by atoms with Crippen molar-refractivity contribution in [3.8, 4) is 0 Å². The molecule has 0 bridgehead atoms. The zero-order valence-electron chi connectivity index (χ0n) is 23.5. The van der Waals surface area contributed by atoms with E-state index in [0.717, 1.165) is 23.8 Å². The van der Waals surface area contributed by atoms with Gasteiger partial charge in [0.25, 0.3) is 0 Å². The maximum atomic E-state index is 14.1. The second-order valence-corrected chi connectivity index (χ2v) is 12.0. The summed E-state index contributed by atoms with van der Waals surface area (Å²) in [5.41, 5.74) is 1.28. The van der Waals surface area contributed by atoms with Gasteiger partial charge >= 0.3 is 18.2 Å². The van der Waals surface area contributed by atoms with Crippen LogP contribution in [0.25, 0.3) is 21.9 Å². The van der Waals surface area contributed by atoms with Gasteiger partial charge in [0, 0.05) is 23.9 Å². The second-order valence-electron chi connectivity index (χ2n) is 12.0. The summed E-state index contributed by atoms with van der Waals surface area (Å²) in [6, 6.07) is 6.62. The minimum atomic E-state index is -4.70. The SMILES string of the molecule is CC(C)C[C@H](N[C@@H](c1ccc2c(c1)oc1ccc(C3CCN(C(=O)OC(C)(C)C)CC3)cc12)C(F)(F)F)C(=O)O. The third-order valence-corrected chi connectivity index (χ3v) is 7.17. The van der Waals surface area contributed by atoms with E-state index < -0.39 is 29.8 Å². The maximum Gasteiger partial charge on any atom is 0.410 e. The molecule has 1 aromatic heterocycles. The highest BCUT2D eigenvalue weighted by atomic mass is 19.4. The van der Waals surface area contributed by atoms with Gasteiger partial charge in [0.2, 0.25) is 0 Å². The van der Waals surface area contributed by atoms with Crippen LogP contribution in [0.15, 0.2) is 40.8 Å². The van der Waals surface area contributed by atoms with Gasteiger partial charge in [0.05, 0.1) is 0 Å². The Balaban J connectivity index is 1.57. The molecule has 218 valence electrons. The van der Waals surface area contributed by atoms with Crippen molar-refractivity contribution in [2.45, 2.75) is 83.7 Å².